The molecule has 2 aromatic rings. The number of hydrogen-bond donors (Lipinski definition) is 0. The number of benzene rings is 2. The quantitative estimate of drug-likeness (QED) is 0.407. The summed E-state index contributed by atoms with van der Waals surface area (Å²) in [5, 5.41) is 22.3. The first-order chi connectivity index (χ1) is 20.0. The highest BCUT2D eigenvalue weighted by Crippen LogP contribution is 2.67. The number of ether oxygens (including phenoxy) is 2. The van der Waals surface area contributed by atoms with Crippen molar-refractivity contribution in [3.63, 3.8) is 0 Å². The molecule has 212 valence electrons. The maximum atomic E-state index is 11.2. The van der Waals surface area contributed by atoms with Gasteiger partial charge in [-0.1, -0.05) is 31.5 Å². The van der Waals surface area contributed by atoms with Crippen molar-refractivity contribution in [2.45, 2.75) is 46.0 Å². The number of rotatable bonds is 6. The average Bonchev–Trinajstić information content (AvgIpc) is 3.02. The summed E-state index contributed by atoms with van der Waals surface area (Å²) in [6.07, 6.45) is 4.71. The van der Waals surface area contributed by atoms with Gasteiger partial charge in [0.05, 0.1) is 32.0 Å². The van der Waals surface area contributed by atoms with E-state index in [2.05, 4.69) is 21.9 Å². The van der Waals surface area contributed by atoms with Crippen LogP contribution in [-0.4, -0.2) is 55.4 Å². The zero-order chi connectivity index (χ0) is 28.7. The Morgan fingerprint density at radius 2 is 1.34 bits per heavy atom. The molecule has 9 heteroatoms. The number of thiocarbonyl (C=S) groups is 1. The topological polar surface area (TPSA) is 88.1 Å². The van der Waals surface area contributed by atoms with Crippen molar-refractivity contribution in [2.75, 3.05) is 49.4 Å². The van der Waals surface area contributed by atoms with Crippen LogP contribution in [0.1, 0.15) is 46.0 Å². The molecule has 0 unspecified atom stereocenters. The van der Waals surface area contributed by atoms with E-state index in [9.17, 15) is 10.5 Å². The minimum atomic E-state index is -1.00. The lowest BCUT2D eigenvalue weighted by atomic mass is 9.42. The van der Waals surface area contributed by atoms with Gasteiger partial charge < -0.3 is 24.2 Å². The Bertz CT molecular complexity index is 1420. The van der Waals surface area contributed by atoms with Crippen LogP contribution in [0, 0.1) is 38.9 Å². The van der Waals surface area contributed by atoms with Crippen molar-refractivity contribution < 1.29 is 9.47 Å². The molecule has 1 saturated carbocycles. The smallest absolute Gasteiger partial charge is 0.140 e. The molecular formula is C32H36N6O2S. The molecule has 0 N–H and O–H groups in total. The summed E-state index contributed by atoms with van der Waals surface area (Å²) in [6.45, 7) is 6.94. The summed E-state index contributed by atoms with van der Waals surface area (Å²) in [6, 6.07) is 21.5. The van der Waals surface area contributed by atoms with Gasteiger partial charge in [-0.05, 0) is 75.2 Å². The first-order valence-corrected chi connectivity index (χ1v) is 15.0. The van der Waals surface area contributed by atoms with E-state index in [1.54, 1.807) is 0 Å². The maximum absolute atomic E-state index is 11.2. The van der Waals surface area contributed by atoms with Gasteiger partial charge >= 0.3 is 0 Å². The summed E-state index contributed by atoms with van der Waals surface area (Å²) in [4.78, 5) is 12.1. The van der Waals surface area contributed by atoms with E-state index in [0.717, 1.165) is 60.8 Å². The van der Waals surface area contributed by atoms with Crippen molar-refractivity contribution in [2.24, 2.45) is 21.2 Å². The Balaban J connectivity index is 1.45. The molecule has 0 amide bonds. The van der Waals surface area contributed by atoms with Crippen LogP contribution in [0.5, 0.6) is 11.5 Å². The molecule has 1 aliphatic carbocycles. The van der Waals surface area contributed by atoms with E-state index in [1.165, 1.54) is 0 Å². The maximum Gasteiger partial charge on any atom is 0.140 e. The zero-order valence-corrected chi connectivity index (χ0v) is 24.6. The molecule has 0 aromatic heterocycles. The van der Waals surface area contributed by atoms with E-state index >= 15 is 0 Å². The minimum absolute atomic E-state index is 0.421. The third kappa shape index (κ3) is 3.97. The normalized spacial score (nSPS) is 26.5. The highest BCUT2D eigenvalue weighted by molar-refractivity contribution is 7.80. The van der Waals surface area contributed by atoms with Crippen LogP contribution in [0.25, 0.3) is 0 Å². The molecule has 0 radical (unpaired) electrons. The van der Waals surface area contributed by atoms with E-state index in [-0.39, 0.29) is 0 Å². The molecular weight excluding hydrogens is 532 g/mol. The van der Waals surface area contributed by atoms with E-state index in [4.69, 9.17) is 26.7 Å². The molecule has 3 aliphatic heterocycles. The fraction of sp³-hybridized carbons (Fsp3) is 0.500. The summed E-state index contributed by atoms with van der Waals surface area (Å²) in [5.41, 5.74) is -0.585. The van der Waals surface area contributed by atoms with Gasteiger partial charge in [0.25, 0.3) is 0 Å². The molecule has 4 aliphatic rings. The van der Waals surface area contributed by atoms with Crippen LogP contribution >= 0.6 is 12.2 Å². The summed E-state index contributed by atoms with van der Waals surface area (Å²) in [5.74, 6) is 2.35. The number of anilines is 2. The molecule has 8 nitrogen and oxygen atoms in total. The van der Waals surface area contributed by atoms with Crippen molar-refractivity contribution in [1.82, 2.24) is 4.90 Å². The Morgan fingerprint density at radius 3 is 1.88 bits per heavy atom. The zero-order valence-electron chi connectivity index (χ0n) is 23.8. The fourth-order valence-corrected chi connectivity index (χ4v) is 8.16. The van der Waals surface area contributed by atoms with E-state index in [1.807, 2.05) is 67.3 Å². The van der Waals surface area contributed by atoms with Crippen LogP contribution in [0.2, 0.25) is 0 Å². The fourth-order valence-electron chi connectivity index (χ4n) is 7.71. The Morgan fingerprint density at radius 1 is 0.805 bits per heavy atom. The summed E-state index contributed by atoms with van der Waals surface area (Å²) < 4.78 is 11.3. The molecule has 3 fully saturated rings. The number of fused-ring (bicyclic) bond motifs is 2. The molecule has 2 atom stereocenters. The van der Waals surface area contributed by atoms with Crippen molar-refractivity contribution in [1.29, 1.82) is 10.5 Å². The SMILES string of the molecule is CCOc1ccc(N2CN=C3N(C2)C(=S)[C@@]2(C#N)CN(c4ccc(OCC)cc4)C[C@@]3(C#N)C23CCCCC3)cc1. The number of nitrogens with zero attached hydrogens (tertiary/aromatic N) is 6. The van der Waals surface area contributed by atoms with E-state index in [0.29, 0.717) is 44.6 Å². The van der Waals surface area contributed by atoms with Gasteiger partial charge in [-0.2, -0.15) is 10.5 Å². The van der Waals surface area contributed by atoms with Gasteiger partial charge in [0.15, 0.2) is 0 Å². The number of amidine groups is 1. The Labute approximate surface area is 247 Å². The number of aliphatic imine (C=N–C) groups is 1. The van der Waals surface area contributed by atoms with Gasteiger partial charge in [0.1, 0.15) is 39.8 Å². The minimum Gasteiger partial charge on any atom is -0.494 e. The first kappa shape index (κ1) is 27.4. The highest BCUT2D eigenvalue weighted by Gasteiger charge is 2.75. The van der Waals surface area contributed by atoms with Gasteiger partial charge in [0.2, 0.25) is 0 Å². The molecule has 2 saturated heterocycles. The third-order valence-corrected chi connectivity index (χ3v) is 10.1. The second-order valence-electron chi connectivity index (χ2n) is 11.4. The third-order valence-electron chi connectivity index (χ3n) is 9.56. The van der Waals surface area contributed by atoms with Crippen LogP contribution in [0.4, 0.5) is 11.4 Å². The van der Waals surface area contributed by atoms with Crippen molar-refractivity contribution in [3.8, 4) is 23.6 Å². The molecule has 6 rings (SSSR count). The first-order valence-electron chi connectivity index (χ1n) is 14.6. The van der Waals surface area contributed by atoms with Gasteiger partial charge in [-0.3, -0.25) is 0 Å². The largest absolute Gasteiger partial charge is 0.494 e. The van der Waals surface area contributed by atoms with Gasteiger partial charge in [0, 0.05) is 29.9 Å². The highest BCUT2D eigenvalue weighted by atomic mass is 32.1. The molecule has 3 heterocycles. The van der Waals surface area contributed by atoms with Crippen LogP contribution < -0.4 is 19.3 Å². The average molecular weight is 569 g/mol. The lowest BCUT2D eigenvalue weighted by Crippen LogP contribution is -2.79. The van der Waals surface area contributed by atoms with Gasteiger partial charge in [-0.15, -0.1) is 0 Å². The molecule has 1 spiro atoms. The summed E-state index contributed by atoms with van der Waals surface area (Å²) >= 11 is 6.31. The second kappa shape index (κ2) is 10.5. The lowest BCUT2D eigenvalue weighted by Gasteiger charge is -2.68. The Hall–Kier alpha value is -3.82. The number of hydrogen-bond acceptors (Lipinski definition) is 8. The molecule has 41 heavy (non-hydrogen) atoms. The molecule has 2 aromatic carbocycles. The van der Waals surface area contributed by atoms with Crippen LogP contribution in [0.3, 0.4) is 0 Å². The van der Waals surface area contributed by atoms with E-state index < -0.39 is 16.2 Å². The number of piperidine rings is 2. The van der Waals surface area contributed by atoms with Crippen molar-refractivity contribution >= 4 is 34.4 Å². The van der Waals surface area contributed by atoms with Crippen LogP contribution in [-0.2, 0) is 0 Å². The predicted octanol–water partition coefficient (Wildman–Crippen LogP) is 5.75. The second-order valence-corrected chi connectivity index (χ2v) is 11.8. The van der Waals surface area contributed by atoms with Crippen LogP contribution in [0.15, 0.2) is 53.5 Å². The van der Waals surface area contributed by atoms with Gasteiger partial charge in [-0.25, -0.2) is 4.99 Å². The molecule has 2 bridgehead atoms. The number of nitriles is 2. The summed E-state index contributed by atoms with van der Waals surface area (Å²) in [7, 11) is 0. The monoisotopic (exact) mass is 568 g/mol. The van der Waals surface area contributed by atoms with Crippen molar-refractivity contribution in [3.05, 3.63) is 48.5 Å². The lowest BCUT2D eigenvalue weighted by molar-refractivity contribution is -0.0223. The Kier molecular flexibility index (Phi) is 7.03. The predicted molar refractivity (Wildman–Crippen MR) is 163 cm³/mol. The standard InChI is InChI=1S/C32H36N6O2S/c1-3-39-26-12-8-24(9-13-26)36-20-30(18-33)28-35-22-37(25-10-14-27(15-11-25)40-4-2)23-38(28)29(41)31(19-34,21-36)32(30)16-6-5-7-17-32/h8-15H,3-7,16-17,20-23H2,1-2H3/t30-,31-/m1/s1.